The Balaban J connectivity index is 1.82. The monoisotopic (exact) mass is 265 g/mol. The molecule has 2 rings (SSSR count). The highest BCUT2D eigenvalue weighted by Crippen LogP contribution is 2.26. The minimum absolute atomic E-state index is 0.0804. The van der Waals surface area contributed by atoms with Gasteiger partial charge in [-0.05, 0) is 23.6 Å². The molecule has 3 nitrogen and oxygen atoms in total. The van der Waals surface area contributed by atoms with Crippen LogP contribution < -0.4 is 5.32 Å². The minimum atomic E-state index is -0.584. The van der Waals surface area contributed by atoms with Gasteiger partial charge in [0.05, 0.1) is 6.26 Å². The van der Waals surface area contributed by atoms with Crippen LogP contribution in [0.25, 0.3) is 0 Å². The Labute approximate surface area is 111 Å². The molecule has 0 bridgehead atoms. The van der Waals surface area contributed by atoms with Crippen molar-refractivity contribution in [1.82, 2.24) is 5.32 Å². The molecule has 1 atom stereocenters. The van der Waals surface area contributed by atoms with E-state index in [1.165, 1.54) is 4.88 Å². The molecule has 2 heterocycles. The second kappa shape index (κ2) is 5.69. The van der Waals surface area contributed by atoms with Crippen molar-refractivity contribution in [3.8, 4) is 0 Å². The standard InChI is InChI=1S/C14H19NO2S/c1-14(2,13-6-4-8-18-13)10-15-9-11(16)12-5-3-7-17-12/h3-8,11,15-16H,9-10H2,1-2H3. The van der Waals surface area contributed by atoms with Crippen LogP contribution in [0.5, 0.6) is 0 Å². The molecule has 2 aromatic heterocycles. The van der Waals surface area contributed by atoms with E-state index in [1.54, 1.807) is 29.7 Å². The van der Waals surface area contributed by atoms with Gasteiger partial charge in [0.25, 0.3) is 0 Å². The lowest BCUT2D eigenvalue weighted by Gasteiger charge is -2.24. The zero-order chi connectivity index (χ0) is 13.0. The maximum Gasteiger partial charge on any atom is 0.133 e. The van der Waals surface area contributed by atoms with E-state index < -0.39 is 6.10 Å². The summed E-state index contributed by atoms with van der Waals surface area (Å²) in [6.45, 7) is 5.73. The fourth-order valence-corrected chi connectivity index (χ4v) is 2.71. The Morgan fingerprint density at radius 1 is 1.39 bits per heavy atom. The molecule has 0 saturated carbocycles. The molecule has 1 unspecified atom stereocenters. The first kappa shape index (κ1) is 13.3. The summed E-state index contributed by atoms with van der Waals surface area (Å²) in [5.74, 6) is 0.608. The van der Waals surface area contributed by atoms with E-state index in [2.05, 4.69) is 36.7 Å². The number of hydrogen-bond donors (Lipinski definition) is 2. The molecule has 98 valence electrons. The maximum atomic E-state index is 9.88. The van der Waals surface area contributed by atoms with Crippen LogP contribution >= 0.6 is 11.3 Å². The van der Waals surface area contributed by atoms with Gasteiger partial charge in [-0.25, -0.2) is 0 Å². The maximum absolute atomic E-state index is 9.88. The highest BCUT2D eigenvalue weighted by Gasteiger charge is 2.21. The number of furan rings is 1. The average Bonchev–Trinajstić information content (AvgIpc) is 3.02. The van der Waals surface area contributed by atoms with Crippen LogP contribution in [-0.4, -0.2) is 18.2 Å². The zero-order valence-corrected chi connectivity index (χ0v) is 11.5. The highest BCUT2D eigenvalue weighted by atomic mass is 32.1. The average molecular weight is 265 g/mol. The van der Waals surface area contributed by atoms with Gasteiger partial charge in [-0.1, -0.05) is 19.9 Å². The molecule has 0 aliphatic heterocycles. The van der Waals surface area contributed by atoms with Gasteiger partial charge < -0.3 is 14.8 Å². The molecule has 2 aromatic rings. The topological polar surface area (TPSA) is 45.4 Å². The van der Waals surface area contributed by atoms with Gasteiger partial charge in [-0.15, -0.1) is 11.3 Å². The van der Waals surface area contributed by atoms with Crippen LogP contribution in [0.15, 0.2) is 40.3 Å². The number of aliphatic hydroxyl groups excluding tert-OH is 1. The lowest BCUT2D eigenvalue weighted by atomic mass is 9.91. The van der Waals surface area contributed by atoms with E-state index in [0.29, 0.717) is 12.3 Å². The van der Waals surface area contributed by atoms with Crippen LogP contribution in [0.2, 0.25) is 0 Å². The predicted octanol–water partition coefficient (Wildman–Crippen LogP) is 2.94. The summed E-state index contributed by atoms with van der Waals surface area (Å²) in [7, 11) is 0. The van der Waals surface area contributed by atoms with Crippen LogP contribution in [0.4, 0.5) is 0 Å². The van der Waals surface area contributed by atoms with Gasteiger partial charge in [-0.2, -0.15) is 0 Å². The summed E-state index contributed by atoms with van der Waals surface area (Å²) in [6.07, 6.45) is 0.993. The number of aliphatic hydroxyl groups is 1. The fourth-order valence-electron chi connectivity index (χ4n) is 1.85. The first-order chi connectivity index (χ1) is 8.59. The van der Waals surface area contributed by atoms with Crippen molar-refractivity contribution in [2.75, 3.05) is 13.1 Å². The molecule has 0 aliphatic carbocycles. The van der Waals surface area contributed by atoms with Crippen molar-refractivity contribution in [2.45, 2.75) is 25.4 Å². The van der Waals surface area contributed by atoms with Crippen molar-refractivity contribution in [3.63, 3.8) is 0 Å². The third kappa shape index (κ3) is 3.22. The molecule has 0 amide bonds. The molecule has 0 aromatic carbocycles. The van der Waals surface area contributed by atoms with Crippen LogP contribution in [0.3, 0.4) is 0 Å². The number of thiophene rings is 1. The lowest BCUT2D eigenvalue weighted by Crippen LogP contribution is -2.34. The molecular weight excluding hydrogens is 246 g/mol. The van der Waals surface area contributed by atoms with Gasteiger partial charge in [0, 0.05) is 23.4 Å². The summed E-state index contributed by atoms with van der Waals surface area (Å²) in [4.78, 5) is 1.35. The predicted molar refractivity (Wildman–Crippen MR) is 73.9 cm³/mol. The molecule has 4 heteroatoms. The molecule has 0 radical (unpaired) electrons. The summed E-state index contributed by atoms with van der Waals surface area (Å²) in [6, 6.07) is 7.79. The highest BCUT2D eigenvalue weighted by molar-refractivity contribution is 7.10. The Morgan fingerprint density at radius 2 is 2.22 bits per heavy atom. The summed E-state index contributed by atoms with van der Waals surface area (Å²) in [5.41, 5.74) is 0.0804. The second-order valence-corrected chi connectivity index (χ2v) is 5.97. The van der Waals surface area contributed by atoms with E-state index in [9.17, 15) is 5.11 Å². The van der Waals surface area contributed by atoms with Crippen LogP contribution in [-0.2, 0) is 5.41 Å². The SMILES string of the molecule is CC(C)(CNCC(O)c1ccco1)c1cccs1. The second-order valence-electron chi connectivity index (χ2n) is 5.02. The van der Waals surface area contributed by atoms with Gasteiger partial charge in [0.1, 0.15) is 11.9 Å². The molecule has 0 aliphatic rings. The Morgan fingerprint density at radius 3 is 2.83 bits per heavy atom. The summed E-state index contributed by atoms with van der Waals surface area (Å²) in [5, 5.41) is 15.3. The first-order valence-corrected chi connectivity index (χ1v) is 6.94. The van der Waals surface area contributed by atoms with Crippen molar-refractivity contribution in [2.24, 2.45) is 0 Å². The molecule has 18 heavy (non-hydrogen) atoms. The van der Waals surface area contributed by atoms with E-state index in [1.807, 2.05) is 0 Å². The quantitative estimate of drug-likeness (QED) is 0.844. The van der Waals surface area contributed by atoms with Crippen LogP contribution in [0, 0.1) is 0 Å². The lowest BCUT2D eigenvalue weighted by molar-refractivity contribution is 0.145. The molecule has 2 N–H and O–H groups in total. The largest absolute Gasteiger partial charge is 0.467 e. The van der Waals surface area contributed by atoms with Crippen molar-refractivity contribution < 1.29 is 9.52 Å². The number of nitrogens with one attached hydrogen (secondary N) is 1. The Kier molecular flexibility index (Phi) is 4.22. The van der Waals surface area contributed by atoms with E-state index >= 15 is 0 Å². The molecule has 0 spiro atoms. The fraction of sp³-hybridized carbons (Fsp3) is 0.429. The third-order valence-corrected chi connectivity index (χ3v) is 4.20. The Hall–Kier alpha value is -1.10. The first-order valence-electron chi connectivity index (χ1n) is 6.06. The van der Waals surface area contributed by atoms with Crippen molar-refractivity contribution in [3.05, 3.63) is 46.5 Å². The Bertz CT molecular complexity index is 448. The van der Waals surface area contributed by atoms with Crippen molar-refractivity contribution >= 4 is 11.3 Å². The third-order valence-electron chi connectivity index (χ3n) is 2.96. The van der Waals surface area contributed by atoms with Gasteiger partial charge >= 0.3 is 0 Å². The molecular formula is C14H19NO2S. The van der Waals surface area contributed by atoms with Crippen molar-refractivity contribution in [1.29, 1.82) is 0 Å². The number of rotatable bonds is 6. The zero-order valence-electron chi connectivity index (χ0n) is 10.7. The summed E-state index contributed by atoms with van der Waals surface area (Å²) < 4.78 is 5.16. The molecule has 0 fully saturated rings. The van der Waals surface area contributed by atoms with Gasteiger partial charge in [0.15, 0.2) is 0 Å². The van der Waals surface area contributed by atoms with E-state index in [0.717, 1.165) is 6.54 Å². The summed E-state index contributed by atoms with van der Waals surface area (Å²) >= 11 is 1.77. The molecule has 0 saturated heterocycles. The van der Waals surface area contributed by atoms with E-state index in [-0.39, 0.29) is 5.41 Å². The number of hydrogen-bond acceptors (Lipinski definition) is 4. The minimum Gasteiger partial charge on any atom is -0.467 e. The van der Waals surface area contributed by atoms with Gasteiger partial charge in [-0.3, -0.25) is 0 Å². The van der Waals surface area contributed by atoms with E-state index in [4.69, 9.17) is 4.42 Å². The van der Waals surface area contributed by atoms with Crippen LogP contribution in [0.1, 0.15) is 30.6 Å². The normalized spacial score (nSPS) is 13.7. The van der Waals surface area contributed by atoms with Gasteiger partial charge in [0.2, 0.25) is 0 Å². The smallest absolute Gasteiger partial charge is 0.133 e.